The van der Waals surface area contributed by atoms with Crippen molar-refractivity contribution in [1.82, 2.24) is 0 Å². The number of nitriles is 6. The van der Waals surface area contributed by atoms with Crippen LogP contribution in [0.5, 0.6) is 0 Å². The van der Waals surface area contributed by atoms with Gasteiger partial charge in [-0.2, -0.15) is 31.6 Å². The Morgan fingerprint density at radius 1 is 0.268 bits per heavy atom. The predicted octanol–water partition coefficient (Wildman–Crippen LogP) is -1.61. The van der Waals surface area contributed by atoms with E-state index >= 15 is 0 Å². The van der Waals surface area contributed by atoms with Gasteiger partial charge in [-0.3, -0.25) is 28.8 Å². The Hall–Kier alpha value is -6.76. The fraction of sp³-hybridized carbons (Fsp3) is 0.333. The largest absolute Gasteiger partial charge is 3.00 e. The number of hydrogen-bond donors (Lipinski definition) is 0. The molecule has 0 aliphatic heterocycles. The molecule has 0 atom stereocenters. The van der Waals surface area contributed by atoms with Crippen molar-refractivity contribution >= 4 is 34.7 Å². The Bertz CT molecular complexity index is 1530. The maximum absolute atomic E-state index is 10.3. The average molecular weight is 856 g/mol. The van der Waals surface area contributed by atoms with Crippen LogP contribution in [-0.4, -0.2) is 34.7 Å². The first-order chi connectivity index (χ1) is 24.5. The van der Waals surface area contributed by atoms with E-state index in [1.54, 1.807) is 0 Å². The van der Waals surface area contributed by atoms with E-state index in [1.807, 2.05) is 0 Å². The minimum absolute atomic E-state index is 0. The van der Waals surface area contributed by atoms with Crippen molar-refractivity contribution in [3.63, 3.8) is 0 Å². The third-order valence-corrected chi connectivity index (χ3v) is 4.90. The number of carbonyl (C=O) groups excluding carboxylic acids is 6. The molecule has 0 aromatic heterocycles. The van der Waals surface area contributed by atoms with Gasteiger partial charge in [0, 0.05) is 0 Å². The summed E-state index contributed by atoms with van der Waals surface area (Å²) in [5, 5.41) is 111. The number of carbonyl (C=O) groups is 6. The molecule has 0 saturated carbocycles. The quantitative estimate of drug-likeness (QED) is 0.126. The summed E-state index contributed by atoms with van der Waals surface area (Å²) >= 11 is 0. The molecule has 2 radical (unpaired) electrons. The summed E-state index contributed by atoms with van der Waals surface area (Å²) in [6.45, 7) is 14.3. The molecule has 0 heterocycles. The molecule has 0 aliphatic rings. The second-order valence-corrected chi connectivity index (χ2v) is 9.60. The van der Waals surface area contributed by atoms with Crippen LogP contribution in [0.2, 0.25) is 0 Å². The number of hydrogen-bond acceptors (Lipinski definition) is 18. The molecular formula is C36H36Fe2N6O12. The van der Waals surface area contributed by atoms with E-state index in [2.05, 4.69) is 0 Å². The molecule has 0 bridgehead atoms. The molecule has 20 heteroatoms. The van der Waals surface area contributed by atoms with E-state index in [0.717, 1.165) is 0 Å². The van der Waals surface area contributed by atoms with Crippen molar-refractivity contribution in [1.29, 1.82) is 31.6 Å². The minimum atomic E-state index is -0.468. The van der Waals surface area contributed by atoms with Crippen molar-refractivity contribution < 1.29 is 93.5 Å². The molecule has 0 unspecified atom stereocenters. The van der Waals surface area contributed by atoms with Gasteiger partial charge in [0.1, 0.15) is 36.4 Å². The molecule has 0 aromatic carbocycles. The average Bonchev–Trinajstić information content (AvgIpc) is 2.98. The Morgan fingerprint density at radius 2 is 0.339 bits per heavy atom. The van der Waals surface area contributed by atoms with Crippen LogP contribution in [0.3, 0.4) is 0 Å². The van der Waals surface area contributed by atoms with Gasteiger partial charge in [0.25, 0.3) is 0 Å². The number of ketones is 6. The van der Waals surface area contributed by atoms with Gasteiger partial charge in [-0.15, -0.1) is 34.6 Å². The Kier molecular flexibility index (Phi) is 45.7. The summed E-state index contributed by atoms with van der Waals surface area (Å²) < 4.78 is 0. The summed E-state index contributed by atoms with van der Waals surface area (Å²) in [4.78, 5) is 62.0. The smallest absolute Gasteiger partial charge is 0.875 e. The fourth-order valence-corrected chi connectivity index (χ4v) is 2.43. The first-order valence-corrected chi connectivity index (χ1v) is 14.3. The van der Waals surface area contributed by atoms with Gasteiger partial charge < -0.3 is 30.6 Å². The molecule has 298 valence electrons. The van der Waals surface area contributed by atoms with Crippen molar-refractivity contribution in [3.8, 4) is 36.4 Å². The molecule has 0 rings (SSSR count). The summed E-state index contributed by atoms with van der Waals surface area (Å²) in [6.07, 6.45) is 0. The molecule has 0 fully saturated rings. The fourth-order valence-electron chi connectivity index (χ4n) is 2.43. The standard InChI is InChI=1S/6C6H7NO2.2Fe/c6*1-4(8)6(3-7)5(2)9;;/h6*8H,1-2H3;;/q;;;;;;2*+3/p-6/b6*6-4-;;. The second-order valence-electron chi connectivity index (χ2n) is 9.60. The van der Waals surface area contributed by atoms with Crippen LogP contribution >= 0.6 is 0 Å². The normalized spacial score (nSPS) is 11.2. The van der Waals surface area contributed by atoms with Crippen molar-refractivity contribution in [2.24, 2.45) is 0 Å². The Balaban J connectivity index is -0.0000000817. The van der Waals surface area contributed by atoms with Crippen molar-refractivity contribution in [2.75, 3.05) is 0 Å². The Labute approximate surface area is 346 Å². The SMILES string of the molecule is CC(=O)/C(C#N)=C(/C)[O-].CC(=O)/C(C#N)=C(/C)[O-].CC(=O)/C(C#N)=C(/C)[O-].CC(=O)/C(C#N)=C(/C)[O-].CC(=O)/C(C#N)=C(/C)[O-].CC(=O)/C(C#N)=C(/C)[O-].[Fe+3].[Fe+3]. The van der Waals surface area contributed by atoms with Crippen molar-refractivity contribution in [3.05, 3.63) is 68.0 Å². The van der Waals surface area contributed by atoms with E-state index in [4.69, 9.17) is 31.6 Å². The maximum atomic E-state index is 10.3. The minimum Gasteiger partial charge on any atom is -0.875 e. The van der Waals surface area contributed by atoms with Crippen LogP contribution in [0.15, 0.2) is 68.0 Å². The third kappa shape index (κ3) is 35.6. The van der Waals surface area contributed by atoms with Crippen LogP contribution in [0.25, 0.3) is 0 Å². The van der Waals surface area contributed by atoms with E-state index < -0.39 is 69.3 Å². The van der Waals surface area contributed by atoms with Gasteiger partial charge in [0.15, 0.2) is 34.7 Å². The monoisotopic (exact) mass is 856 g/mol. The van der Waals surface area contributed by atoms with Gasteiger partial charge in [-0.25, -0.2) is 0 Å². The molecule has 0 amide bonds. The zero-order valence-corrected chi connectivity index (χ0v) is 34.5. The van der Waals surface area contributed by atoms with E-state index in [0.29, 0.717) is 0 Å². The van der Waals surface area contributed by atoms with Gasteiger partial charge in [0.2, 0.25) is 0 Å². The number of allylic oxidation sites excluding steroid dienone is 12. The topological polar surface area (TPSA) is 384 Å². The third-order valence-electron chi connectivity index (χ3n) is 4.90. The Morgan fingerprint density at radius 3 is 0.339 bits per heavy atom. The summed E-state index contributed by atoms with van der Waals surface area (Å²) in [7, 11) is 0. The van der Waals surface area contributed by atoms with Gasteiger partial charge in [-0.05, 0) is 41.5 Å². The number of nitrogens with zero attached hydrogens (tertiary/aromatic N) is 6. The first-order valence-electron chi connectivity index (χ1n) is 14.3. The molecule has 56 heavy (non-hydrogen) atoms. The van der Waals surface area contributed by atoms with Crippen LogP contribution < -0.4 is 30.6 Å². The molecule has 0 aromatic rings. The zero-order chi connectivity index (χ0) is 44.6. The van der Waals surface area contributed by atoms with Crippen LogP contribution in [0.1, 0.15) is 83.1 Å². The van der Waals surface area contributed by atoms with Gasteiger partial charge in [-0.1, -0.05) is 41.5 Å². The first kappa shape index (κ1) is 67.4. The van der Waals surface area contributed by atoms with Gasteiger partial charge in [0.05, 0.1) is 33.4 Å². The molecular weight excluding hydrogens is 820 g/mol. The zero-order valence-electron chi connectivity index (χ0n) is 32.3. The number of Topliss-reactive ketones (excluding diaryl/α,β-unsaturated/α-hetero) is 6. The van der Waals surface area contributed by atoms with E-state index in [1.165, 1.54) is 120 Å². The van der Waals surface area contributed by atoms with Crippen molar-refractivity contribution in [2.45, 2.75) is 83.1 Å². The predicted molar refractivity (Wildman–Crippen MR) is 174 cm³/mol. The second kappa shape index (κ2) is 38.0. The van der Waals surface area contributed by atoms with Gasteiger partial charge >= 0.3 is 34.1 Å². The van der Waals surface area contributed by atoms with Crippen LogP contribution in [-0.2, 0) is 62.9 Å². The molecule has 18 nitrogen and oxygen atoms in total. The number of rotatable bonds is 6. The summed E-state index contributed by atoms with van der Waals surface area (Å²) in [6, 6.07) is 9.11. The van der Waals surface area contributed by atoms with E-state index in [9.17, 15) is 59.4 Å². The molecule has 0 aliphatic carbocycles. The van der Waals surface area contributed by atoms with Crippen LogP contribution in [0.4, 0.5) is 0 Å². The van der Waals surface area contributed by atoms with Crippen LogP contribution in [0, 0.1) is 68.0 Å². The maximum Gasteiger partial charge on any atom is 3.00 e. The molecule has 0 spiro atoms. The van der Waals surface area contributed by atoms with E-state index in [-0.39, 0.29) is 67.6 Å². The summed E-state index contributed by atoms with van der Waals surface area (Å²) in [5.74, 6) is -5.61. The molecule has 0 saturated heterocycles. The molecule has 0 N–H and O–H groups in total. The summed E-state index contributed by atoms with van der Waals surface area (Å²) in [5.41, 5.74) is -1.69.